The molecule has 218 valence electrons. The Bertz CT molecular complexity index is 1390. The lowest BCUT2D eigenvalue weighted by Crippen LogP contribution is -2.67. The van der Waals surface area contributed by atoms with Crippen LogP contribution >= 0.6 is 23.2 Å². The number of benzene rings is 3. The summed E-state index contributed by atoms with van der Waals surface area (Å²) in [6, 6.07) is 24.0. The summed E-state index contributed by atoms with van der Waals surface area (Å²) in [4.78, 5) is 18.5. The number of hydrogen-bond acceptors (Lipinski definition) is 5. The third-order valence-corrected chi connectivity index (χ3v) is 9.74. The topological polar surface area (TPSA) is 64.2 Å². The van der Waals surface area contributed by atoms with Gasteiger partial charge in [0.15, 0.2) is 0 Å². The molecule has 5 rings (SSSR count). The highest BCUT2D eigenvalue weighted by molar-refractivity contribution is 7.88. The fourth-order valence-corrected chi connectivity index (χ4v) is 7.52. The Labute approximate surface area is 253 Å². The SMILES string of the molecule is CCN1CCCC1CN(C(=O)c1ccccc1)N(C1CN(C(c2ccc(Cl)cc2)c2ccc(Cl)cc2)C1)S(C)(=O)=O. The van der Waals surface area contributed by atoms with Crippen molar-refractivity contribution in [3.05, 3.63) is 106 Å². The molecule has 0 aliphatic carbocycles. The van der Waals surface area contributed by atoms with Crippen LogP contribution in [0.1, 0.15) is 47.3 Å². The Kier molecular flexibility index (Phi) is 9.38. The molecule has 0 aromatic heterocycles. The molecule has 2 aliphatic rings. The van der Waals surface area contributed by atoms with Crippen molar-refractivity contribution < 1.29 is 13.2 Å². The van der Waals surface area contributed by atoms with Crippen LogP contribution in [0.3, 0.4) is 0 Å². The van der Waals surface area contributed by atoms with E-state index in [-0.39, 0.29) is 18.0 Å². The van der Waals surface area contributed by atoms with Gasteiger partial charge >= 0.3 is 0 Å². The van der Waals surface area contributed by atoms with E-state index < -0.39 is 16.1 Å². The number of sulfonamides is 1. The van der Waals surface area contributed by atoms with Gasteiger partial charge in [0, 0.05) is 34.7 Å². The molecule has 10 heteroatoms. The molecule has 3 aromatic carbocycles. The van der Waals surface area contributed by atoms with Crippen molar-refractivity contribution in [2.45, 2.75) is 37.9 Å². The minimum Gasteiger partial charge on any atom is -0.299 e. The molecule has 2 aliphatic heterocycles. The second-order valence-electron chi connectivity index (χ2n) is 10.8. The van der Waals surface area contributed by atoms with Gasteiger partial charge in [-0.3, -0.25) is 19.6 Å². The molecule has 41 heavy (non-hydrogen) atoms. The van der Waals surface area contributed by atoms with Crippen LogP contribution < -0.4 is 0 Å². The van der Waals surface area contributed by atoms with Gasteiger partial charge in [0.05, 0.1) is 24.9 Å². The summed E-state index contributed by atoms with van der Waals surface area (Å²) in [7, 11) is -3.77. The number of nitrogens with zero attached hydrogens (tertiary/aromatic N) is 4. The minimum absolute atomic E-state index is 0.101. The molecule has 0 radical (unpaired) electrons. The normalized spacial score (nSPS) is 18.6. The monoisotopic (exact) mass is 614 g/mol. The van der Waals surface area contributed by atoms with E-state index in [4.69, 9.17) is 23.2 Å². The zero-order chi connectivity index (χ0) is 29.1. The summed E-state index contributed by atoms with van der Waals surface area (Å²) in [5.41, 5.74) is 2.56. The lowest BCUT2D eigenvalue weighted by atomic mass is 9.93. The maximum absolute atomic E-state index is 13.9. The van der Waals surface area contributed by atoms with Gasteiger partial charge < -0.3 is 0 Å². The summed E-state index contributed by atoms with van der Waals surface area (Å²) < 4.78 is 28.2. The van der Waals surface area contributed by atoms with Gasteiger partial charge in [-0.1, -0.05) is 72.6 Å². The minimum atomic E-state index is -3.77. The summed E-state index contributed by atoms with van der Waals surface area (Å²) in [6.07, 6.45) is 3.16. The van der Waals surface area contributed by atoms with Gasteiger partial charge in [0.2, 0.25) is 10.0 Å². The van der Waals surface area contributed by atoms with Gasteiger partial charge in [-0.05, 0) is 73.5 Å². The zero-order valence-electron chi connectivity index (χ0n) is 23.4. The molecule has 1 amide bonds. The van der Waals surface area contributed by atoms with Gasteiger partial charge in [0.25, 0.3) is 5.91 Å². The number of carbonyl (C=O) groups is 1. The fourth-order valence-electron chi connectivity index (χ4n) is 6.09. The highest BCUT2D eigenvalue weighted by atomic mass is 35.5. The number of halogens is 2. The van der Waals surface area contributed by atoms with Crippen LogP contribution in [0.25, 0.3) is 0 Å². The molecule has 2 saturated heterocycles. The van der Waals surface area contributed by atoms with Crippen molar-refractivity contribution in [2.75, 3.05) is 39.0 Å². The van der Waals surface area contributed by atoms with E-state index in [1.54, 1.807) is 24.3 Å². The second-order valence-corrected chi connectivity index (χ2v) is 13.5. The quantitative estimate of drug-likeness (QED) is 0.279. The van der Waals surface area contributed by atoms with Crippen molar-refractivity contribution in [2.24, 2.45) is 0 Å². The second kappa shape index (κ2) is 12.8. The fraction of sp³-hybridized carbons (Fsp3) is 0.387. The van der Waals surface area contributed by atoms with Crippen molar-refractivity contribution in [1.82, 2.24) is 19.2 Å². The van der Waals surface area contributed by atoms with Crippen LogP contribution in [0, 0.1) is 0 Å². The average Bonchev–Trinajstić information content (AvgIpc) is 3.39. The molecule has 3 aromatic rings. The van der Waals surface area contributed by atoms with E-state index in [2.05, 4.69) is 16.7 Å². The molecular formula is C31H36Cl2N4O3S. The Morgan fingerprint density at radius 3 is 2.00 bits per heavy atom. The molecule has 0 N–H and O–H groups in total. The average molecular weight is 616 g/mol. The molecule has 7 nitrogen and oxygen atoms in total. The number of likely N-dealkylation sites (N-methyl/N-ethyl adjacent to an activating group) is 1. The molecule has 0 saturated carbocycles. The van der Waals surface area contributed by atoms with E-state index in [1.165, 1.54) is 15.7 Å². The third-order valence-electron chi connectivity index (χ3n) is 8.06. The largest absolute Gasteiger partial charge is 0.299 e. The highest BCUT2D eigenvalue weighted by Gasteiger charge is 2.45. The Morgan fingerprint density at radius 1 is 0.927 bits per heavy atom. The van der Waals surface area contributed by atoms with Crippen LogP contribution in [0.5, 0.6) is 0 Å². The predicted octanol–water partition coefficient (Wildman–Crippen LogP) is 5.57. The Morgan fingerprint density at radius 2 is 1.49 bits per heavy atom. The summed E-state index contributed by atoms with van der Waals surface area (Å²) in [5, 5.41) is 2.79. The highest BCUT2D eigenvalue weighted by Crippen LogP contribution is 2.36. The summed E-state index contributed by atoms with van der Waals surface area (Å²) in [6.45, 7) is 5.16. The maximum Gasteiger partial charge on any atom is 0.269 e. The van der Waals surface area contributed by atoms with E-state index in [0.29, 0.717) is 35.2 Å². The van der Waals surface area contributed by atoms with E-state index >= 15 is 0 Å². The maximum atomic E-state index is 13.9. The molecule has 0 spiro atoms. The summed E-state index contributed by atoms with van der Waals surface area (Å²) >= 11 is 12.4. The lowest BCUT2D eigenvalue weighted by molar-refractivity contribution is -0.0440. The van der Waals surface area contributed by atoms with Crippen LogP contribution in [0.4, 0.5) is 0 Å². The van der Waals surface area contributed by atoms with Gasteiger partial charge in [-0.25, -0.2) is 8.42 Å². The Hall–Kier alpha value is -2.46. The molecular weight excluding hydrogens is 579 g/mol. The molecule has 0 bridgehead atoms. The number of carbonyl (C=O) groups excluding carboxylic acids is 1. The van der Waals surface area contributed by atoms with Crippen LogP contribution in [0.2, 0.25) is 10.0 Å². The number of hydrazine groups is 1. The Balaban J connectivity index is 1.46. The number of rotatable bonds is 10. The first kappa shape index (κ1) is 30.0. The third kappa shape index (κ3) is 6.79. The van der Waals surface area contributed by atoms with Crippen LogP contribution in [-0.2, 0) is 10.0 Å². The smallest absolute Gasteiger partial charge is 0.269 e. The van der Waals surface area contributed by atoms with Crippen LogP contribution in [0.15, 0.2) is 78.9 Å². The van der Waals surface area contributed by atoms with Crippen LogP contribution in [-0.4, -0.2) is 84.6 Å². The van der Waals surface area contributed by atoms with Gasteiger partial charge in [-0.15, -0.1) is 4.41 Å². The first-order valence-corrected chi connectivity index (χ1v) is 16.6. The van der Waals surface area contributed by atoms with Gasteiger partial charge in [-0.2, -0.15) is 0 Å². The van der Waals surface area contributed by atoms with E-state index in [0.717, 1.165) is 37.1 Å². The molecule has 2 fully saturated rings. The molecule has 1 atom stereocenters. The van der Waals surface area contributed by atoms with Crippen molar-refractivity contribution >= 4 is 39.1 Å². The molecule has 1 unspecified atom stereocenters. The number of hydrogen-bond donors (Lipinski definition) is 0. The van der Waals surface area contributed by atoms with Crippen molar-refractivity contribution in [3.63, 3.8) is 0 Å². The van der Waals surface area contributed by atoms with Gasteiger partial charge in [0.1, 0.15) is 0 Å². The first-order valence-electron chi connectivity index (χ1n) is 14.0. The number of likely N-dealkylation sites (tertiary alicyclic amines) is 2. The lowest BCUT2D eigenvalue weighted by Gasteiger charge is -2.51. The number of amides is 1. The van der Waals surface area contributed by atoms with E-state index in [1.807, 2.05) is 54.6 Å². The van der Waals surface area contributed by atoms with Crippen molar-refractivity contribution in [1.29, 1.82) is 0 Å². The standard InChI is InChI=1S/C31H36Cl2N4O3S/c1-3-34-19-7-10-28(34)22-36(31(38)25-8-5-4-6-9-25)37(41(2,39)40)29-20-35(21-29)30(23-11-15-26(32)16-12-23)24-13-17-27(33)18-14-24/h4-6,8-9,11-18,28-30H,3,7,10,19-22H2,1-2H3. The van der Waals surface area contributed by atoms with E-state index in [9.17, 15) is 13.2 Å². The zero-order valence-corrected chi connectivity index (χ0v) is 25.7. The molecule has 2 heterocycles. The first-order chi connectivity index (χ1) is 19.7. The summed E-state index contributed by atoms with van der Waals surface area (Å²) in [5.74, 6) is -0.301. The van der Waals surface area contributed by atoms with Crippen molar-refractivity contribution in [3.8, 4) is 0 Å². The predicted molar refractivity (Wildman–Crippen MR) is 165 cm³/mol.